The van der Waals surface area contributed by atoms with E-state index in [2.05, 4.69) is 58.4 Å². The van der Waals surface area contributed by atoms with E-state index in [4.69, 9.17) is 9.72 Å². The average molecular weight is 381 g/mol. The van der Waals surface area contributed by atoms with Crippen molar-refractivity contribution >= 4 is 10.9 Å². The molecule has 0 radical (unpaired) electrons. The molecule has 0 bridgehead atoms. The fraction of sp³-hybridized carbons (Fsp3) is 0.200. The quantitative estimate of drug-likeness (QED) is 0.482. The minimum absolute atomic E-state index is 0.498. The highest BCUT2D eigenvalue weighted by Crippen LogP contribution is 2.31. The van der Waals surface area contributed by atoms with Crippen LogP contribution in [0, 0.1) is 0 Å². The molecule has 2 aromatic carbocycles. The number of pyridine rings is 2. The van der Waals surface area contributed by atoms with Crippen molar-refractivity contribution < 1.29 is 4.74 Å². The zero-order chi connectivity index (χ0) is 19.5. The molecule has 3 heterocycles. The Balaban J connectivity index is 1.23. The van der Waals surface area contributed by atoms with E-state index < -0.39 is 0 Å². The molecule has 2 aromatic heterocycles. The van der Waals surface area contributed by atoms with Gasteiger partial charge < -0.3 is 4.74 Å². The van der Waals surface area contributed by atoms with Crippen molar-refractivity contribution in [1.29, 1.82) is 0 Å². The van der Waals surface area contributed by atoms with E-state index in [0.717, 1.165) is 48.7 Å². The van der Waals surface area contributed by atoms with Crippen molar-refractivity contribution in [2.45, 2.75) is 26.1 Å². The van der Waals surface area contributed by atoms with Crippen molar-refractivity contribution in [2.24, 2.45) is 0 Å². The topological polar surface area (TPSA) is 38.2 Å². The molecule has 0 fully saturated rings. The first-order chi connectivity index (χ1) is 14.3. The maximum Gasteiger partial charge on any atom is 0.130 e. The Bertz CT molecular complexity index is 1130. The second-order valence-electron chi connectivity index (χ2n) is 7.46. The van der Waals surface area contributed by atoms with Crippen LogP contribution in [0.25, 0.3) is 10.9 Å². The molecule has 5 rings (SSSR count). The normalized spacial score (nSPS) is 13.5. The second-order valence-corrected chi connectivity index (χ2v) is 7.46. The Morgan fingerprint density at radius 3 is 2.69 bits per heavy atom. The van der Waals surface area contributed by atoms with Gasteiger partial charge in [0, 0.05) is 48.9 Å². The number of para-hydroxylation sites is 1. The minimum Gasteiger partial charge on any atom is -0.487 e. The molecule has 4 heteroatoms. The smallest absolute Gasteiger partial charge is 0.130 e. The summed E-state index contributed by atoms with van der Waals surface area (Å²) in [6.45, 7) is 3.36. The Morgan fingerprint density at radius 1 is 0.828 bits per heavy atom. The van der Waals surface area contributed by atoms with Crippen LogP contribution in [0.3, 0.4) is 0 Å². The molecule has 0 saturated carbocycles. The van der Waals surface area contributed by atoms with E-state index in [1.54, 1.807) is 6.20 Å². The molecule has 0 amide bonds. The van der Waals surface area contributed by atoms with E-state index in [1.807, 2.05) is 24.3 Å². The van der Waals surface area contributed by atoms with E-state index in [9.17, 15) is 0 Å². The van der Waals surface area contributed by atoms with Gasteiger partial charge in [0.05, 0.1) is 11.2 Å². The van der Waals surface area contributed by atoms with Gasteiger partial charge in [-0.05, 0) is 35.9 Å². The largest absolute Gasteiger partial charge is 0.487 e. The van der Waals surface area contributed by atoms with Gasteiger partial charge >= 0.3 is 0 Å². The van der Waals surface area contributed by atoms with Crippen molar-refractivity contribution in [3.05, 3.63) is 102 Å². The molecule has 4 nitrogen and oxygen atoms in total. The summed E-state index contributed by atoms with van der Waals surface area (Å²) in [6.07, 6.45) is 2.75. The monoisotopic (exact) mass is 381 g/mol. The van der Waals surface area contributed by atoms with Crippen LogP contribution in [-0.4, -0.2) is 21.4 Å². The summed E-state index contributed by atoms with van der Waals surface area (Å²) in [5.74, 6) is 0.972. The summed E-state index contributed by atoms with van der Waals surface area (Å²) in [7, 11) is 0. The number of hydrogen-bond donors (Lipinski definition) is 0. The highest BCUT2D eigenvalue weighted by Gasteiger charge is 2.22. The number of ether oxygens (including phenoxy) is 1. The predicted octanol–water partition coefficient (Wildman–Crippen LogP) is 4.77. The number of benzene rings is 2. The van der Waals surface area contributed by atoms with Crippen LogP contribution < -0.4 is 4.74 Å². The Kier molecular flexibility index (Phi) is 4.93. The van der Waals surface area contributed by atoms with Gasteiger partial charge in [0.1, 0.15) is 12.4 Å². The summed E-state index contributed by atoms with van der Waals surface area (Å²) in [4.78, 5) is 11.6. The van der Waals surface area contributed by atoms with E-state index in [-0.39, 0.29) is 0 Å². The third kappa shape index (κ3) is 3.98. The van der Waals surface area contributed by atoms with Gasteiger partial charge in [-0.15, -0.1) is 0 Å². The zero-order valence-corrected chi connectivity index (χ0v) is 16.3. The molecular weight excluding hydrogens is 358 g/mol. The molecule has 0 N–H and O–H groups in total. The molecule has 0 aliphatic carbocycles. The second kappa shape index (κ2) is 8.02. The average Bonchev–Trinajstić information content (AvgIpc) is 3.20. The van der Waals surface area contributed by atoms with E-state index in [0.29, 0.717) is 6.61 Å². The van der Waals surface area contributed by atoms with Gasteiger partial charge in [-0.2, -0.15) is 0 Å². The molecule has 0 unspecified atom stereocenters. The van der Waals surface area contributed by atoms with Gasteiger partial charge in [0.15, 0.2) is 0 Å². The molecule has 4 aromatic rings. The summed E-state index contributed by atoms with van der Waals surface area (Å²) < 4.78 is 6.09. The van der Waals surface area contributed by atoms with Crippen LogP contribution in [0.5, 0.6) is 5.75 Å². The highest BCUT2D eigenvalue weighted by atomic mass is 16.5. The lowest BCUT2D eigenvalue weighted by Gasteiger charge is -2.15. The Labute approximate surface area is 170 Å². The van der Waals surface area contributed by atoms with Gasteiger partial charge in [-0.1, -0.05) is 42.5 Å². The van der Waals surface area contributed by atoms with Crippen LogP contribution in [0.4, 0.5) is 0 Å². The van der Waals surface area contributed by atoms with Crippen molar-refractivity contribution in [3.8, 4) is 5.75 Å². The molecule has 29 heavy (non-hydrogen) atoms. The SMILES string of the molecule is c1ccc(COc2cccc3c2CN(CCc2ccc4ccccc4n2)C3)nc1. The van der Waals surface area contributed by atoms with Gasteiger partial charge in [-0.3, -0.25) is 14.9 Å². The number of hydrogen-bond acceptors (Lipinski definition) is 4. The first kappa shape index (κ1) is 17.8. The molecule has 0 saturated heterocycles. The first-order valence-electron chi connectivity index (χ1n) is 10.1. The third-order valence-electron chi connectivity index (χ3n) is 5.45. The van der Waals surface area contributed by atoms with Crippen LogP contribution in [0.1, 0.15) is 22.5 Å². The van der Waals surface area contributed by atoms with Crippen molar-refractivity contribution in [2.75, 3.05) is 6.54 Å². The van der Waals surface area contributed by atoms with Crippen molar-refractivity contribution in [1.82, 2.24) is 14.9 Å². The van der Waals surface area contributed by atoms with Crippen LogP contribution in [0.15, 0.2) is 79.0 Å². The summed E-state index contributed by atoms with van der Waals surface area (Å²) in [5.41, 5.74) is 5.82. The first-order valence-corrected chi connectivity index (χ1v) is 10.1. The zero-order valence-electron chi connectivity index (χ0n) is 16.3. The Morgan fingerprint density at radius 2 is 1.76 bits per heavy atom. The number of rotatable bonds is 6. The molecule has 144 valence electrons. The number of fused-ring (bicyclic) bond motifs is 2. The number of aromatic nitrogens is 2. The molecule has 1 aliphatic heterocycles. The maximum atomic E-state index is 6.09. The fourth-order valence-electron chi connectivity index (χ4n) is 3.91. The van der Waals surface area contributed by atoms with Crippen LogP contribution in [0.2, 0.25) is 0 Å². The van der Waals surface area contributed by atoms with Gasteiger partial charge in [0.2, 0.25) is 0 Å². The predicted molar refractivity (Wildman–Crippen MR) is 115 cm³/mol. The summed E-state index contributed by atoms with van der Waals surface area (Å²) >= 11 is 0. The van der Waals surface area contributed by atoms with Gasteiger partial charge in [0.25, 0.3) is 0 Å². The third-order valence-corrected chi connectivity index (χ3v) is 5.45. The van der Waals surface area contributed by atoms with E-state index >= 15 is 0 Å². The lowest BCUT2D eigenvalue weighted by atomic mass is 10.1. The maximum absolute atomic E-state index is 6.09. The number of nitrogens with zero attached hydrogens (tertiary/aromatic N) is 3. The van der Waals surface area contributed by atoms with Crippen LogP contribution in [-0.2, 0) is 26.1 Å². The molecule has 1 aliphatic rings. The lowest BCUT2D eigenvalue weighted by Crippen LogP contribution is -2.19. The van der Waals surface area contributed by atoms with Crippen LogP contribution >= 0.6 is 0 Å². The molecule has 0 spiro atoms. The summed E-state index contributed by atoms with van der Waals surface area (Å²) in [5, 5.41) is 1.19. The lowest BCUT2D eigenvalue weighted by molar-refractivity contribution is 0.274. The minimum atomic E-state index is 0.498. The standard InChI is InChI=1S/C25H23N3O/c1-2-9-24-19(6-1)11-12-21(27-24)13-15-28-16-20-7-5-10-25(23(20)17-28)29-18-22-8-3-4-14-26-22/h1-12,14H,13,15-18H2. The fourth-order valence-corrected chi connectivity index (χ4v) is 3.91. The molecular formula is C25H23N3O. The van der Waals surface area contributed by atoms with Gasteiger partial charge in [-0.25, -0.2) is 0 Å². The highest BCUT2D eigenvalue weighted by molar-refractivity contribution is 5.78. The Hall–Kier alpha value is -3.24. The molecule has 0 atom stereocenters. The summed E-state index contributed by atoms with van der Waals surface area (Å²) in [6, 6.07) is 24.9. The van der Waals surface area contributed by atoms with Crippen molar-refractivity contribution in [3.63, 3.8) is 0 Å². The van der Waals surface area contributed by atoms with E-state index in [1.165, 1.54) is 16.5 Å².